The molecule has 0 spiro atoms. The third-order valence-electron chi connectivity index (χ3n) is 3.05. The third kappa shape index (κ3) is 3.11. The van der Waals surface area contributed by atoms with Crippen LogP contribution in [0.1, 0.15) is 17.7 Å². The number of hydrogen-bond donors (Lipinski definition) is 0. The molecule has 1 aromatic carbocycles. The minimum Gasteiger partial charge on any atom is -0.490 e. The molecule has 0 unspecified atom stereocenters. The van der Waals surface area contributed by atoms with Gasteiger partial charge >= 0.3 is 0 Å². The molecule has 0 atom stereocenters. The van der Waals surface area contributed by atoms with Crippen molar-refractivity contribution in [2.75, 3.05) is 13.2 Å². The van der Waals surface area contributed by atoms with Crippen molar-refractivity contribution in [2.24, 2.45) is 0 Å². The molecule has 0 aliphatic carbocycles. The van der Waals surface area contributed by atoms with Crippen LogP contribution in [0.5, 0.6) is 11.5 Å². The lowest BCUT2D eigenvalue weighted by molar-refractivity contribution is 0.297. The van der Waals surface area contributed by atoms with Gasteiger partial charge < -0.3 is 9.47 Å². The van der Waals surface area contributed by atoms with Gasteiger partial charge in [0.05, 0.1) is 18.8 Å². The highest BCUT2D eigenvalue weighted by molar-refractivity contribution is 7.99. The number of rotatable bonds is 2. The standard InChI is InChI=1S/C16H14N2O2S/c1-11-3-4-12(10-17)16(18-11)21-13-5-6-14-15(9-13)20-8-2-7-19-14/h3-6,9H,2,7-8H2,1H3. The van der Waals surface area contributed by atoms with Crippen molar-refractivity contribution in [3.05, 3.63) is 41.6 Å². The van der Waals surface area contributed by atoms with E-state index in [1.165, 1.54) is 11.8 Å². The molecule has 0 radical (unpaired) electrons. The Labute approximate surface area is 127 Å². The Morgan fingerprint density at radius 3 is 2.76 bits per heavy atom. The molecule has 0 amide bonds. The molecule has 2 heterocycles. The molecule has 4 nitrogen and oxygen atoms in total. The Kier molecular flexibility index (Phi) is 3.98. The molecule has 0 saturated heterocycles. The summed E-state index contributed by atoms with van der Waals surface area (Å²) in [4.78, 5) is 5.42. The van der Waals surface area contributed by atoms with Crippen molar-refractivity contribution in [2.45, 2.75) is 23.3 Å². The Hall–Kier alpha value is -2.19. The lowest BCUT2D eigenvalue weighted by Gasteiger charge is -2.09. The molecule has 5 heteroatoms. The van der Waals surface area contributed by atoms with E-state index in [0.29, 0.717) is 23.8 Å². The molecule has 0 bridgehead atoms. The van der Waals surface area contributed by atoms with Crippen LogP contribution in [0, 0.1) is 18.3 Å². The van der Waals surface area contributed by atoms with Crippen LogP contribution in [0.3, 0.4) is 0 Å². The van der Waals surface area contributed by atoms with E-state index in [-0.39, 0.29) is 0 Å². The minimum atomic E-state index is 0.581. The van der Waals surface area contributed by atoms with Gasteiger partial charge in [0.15, 0.2) is 11.5 Å². The first kappa shape index (κ1) is 13.8. The van der Waals surface area contributed by atoms with E-state index in [0.717, 1.165) is 28.5 Å². The second kappa shape index (κ2) is 6.06. The highest BCUT2D eigenvalue weighted by atomic mass is 32.2. The fourth-order valence-electron chi connectivity index (χ4n) is 2.01. The summed E-state index contributed by atoms with van der Waals surface area (Å²) in [6.07, 6.45) is 0.884. The summed E-state index contributed by atoms with van der Waals surface area (Å²) >= 11 is 1.46. The number of hydrogen-bond acceptors (Lipinski definition) is 5. The number of nitrogens with zero attached hydrogens (tertiary/aromatic N) is 2. The molecule has 1 aliphatic rings. The Balaban J connectivity index is 1.90. The van der Waals surface area contributed by atoms with E-state index in [1.54, 1.807) is 6.07 Å². The first-order chi connectivity index (χ1) is 10.3. The summed E-state index contributed by atoms with van der Waals surface area (Å²) in [7, 11) is 0. The largest absolute Gasteiger partial charge is 0.490 e. The Morgan fingerprint density at radius 2 is 1.95 bits per heavy atom. The van der Waals surface area contributed by atoms with Gasteiger partial charge in [-0.2, -0.15) is 5.26 Å². The van der Waals surface area contributed by atoms with Crippen molar-refractivity contribution in [3.8, 4) is 17.6 Å². The van der Waals surface area contributed by atoms with Gasteiger partial charge in [0.2, 0.25) is 0 Å². The predicted octanol–water partition coefficient (Wildman–Crippen LogP) is 3.57. The Morgan fingerprint density at radius 1 is 1.14 bits per heavy atom. The van der Waals surface area contributed by atoms with Crippen LogP contribution in [0.4, 0.5) is 0 Å². The summed E-state index contributed by atoms with van der Waals surface area (Å²) in [5.41, 5.74) is 1.48. The molecule has 1 aliphatic heterocycles. The second-order valence-corrected chi connectivity index (χ2v) is 5.74. The fraction of sp³-hybridized carbons (Fsp3) is 0.250. The number of nitriles is 1. The molecule has 3 rings (SSSR count). The van der Waals surface area contributed by atoms with E-state index in [4.69, 9.17) is 14.7 Å². The van der Waals surface area contributed by atoms with E-state index < -0.39 is 0 Å². The number of aryl methyl sites for hydroxylation is 1. The van der Waals surface area contributed by atoms with Crippen LogP contribution in [0.15, 0.2) is 40.3 Å². The van der Waals surface area contributed by atoms with Crippen LogP contribution in [-0.4, -0.2) is 18.2 Å². The number of benzene rings is 1. The predicted molar refractivity (Wildman–Crippen MR) is 79.9 cm³/mol. The lowest BCUT2D eigenvalue weighted by Crippen LogP contribution is -1.97. The zero-order valence-corrected chi connectivity index (χ0v) is 12.4. The van der Waals surface area contributed by atoms with E-state index in [2.05, 4.69) is 11.1 Å². The molecular weight excluding hydrogens is 284 g/mol. The maximum absolute atomic E-state index is 9.17. The van der Waals surface area contributed by atoms with Crippen molar-refractivity contribution < 1.29 is 9.47 Å². The van der Waals surface area contributed by atoms with Gasteiger partial charge in [-0.3, -0.25) is 0 Å². The fourth-order valence-corrected chi connectivity index (χ4v) is 2.95. The first-order valence-electron chi connectivity index (χ1n) is 6.71. The van der Waals surface area contributed by atoms with Crippen LogP contribution in [0.2, 0.25) is 0 Å². The highest BCUT2D eigenvalue weighted by Gasteiger charge is 2.13. The monoisotopic (exact) mass is 298 g/mol. The van der Waals surface area contributed by atoms with Crippen molar-refractivity contribution in [1.82, 2.24) is 4.98 Å². The van der Waals surface area contributed by atoms with Crippen LogP contribution >= 0.6 is 11.8 Å². The zero-order chi connectivity index (χ0) is 14.7. The second-order valence-electron chi connectivity index (χ2n) is 4.68. The normalized spacial score (nSPS) is 13.3. The Bertz CT molecular complexity index is 710. The average Bonchev–Trinajstić information content (AvgIpc) is 2.72. The van der Waals surface area contributed by atoms with Gasteiger partial charge in [-0.15, -0.1) is 0 Å². The topological polar surface area (TPSA) is 55.1 Å². The van der Waals surface area contributed by atoms with Crippen molar-refractivity contribution >= 4 is 11.8 Å². The average molecular weight is 298 g/mol. The van der Waals surface area contributed by atoms with Crippen LogP contribution in [-0.2, 0) is 0 Å². The maximum atomic E-state index is 9.17. The molecular formula is C16H14N2O2S. The number of ether oxygens (including phenoxy) is 2. The maximum Gasteiger partial charge on any atom is 0.162 e. The number of pyridine rings is 1. The summed E-state index contributed by atoms with van der Waals surface area (Å²) in [6.45, 7) is 3.25. The lowest BCUT2D eigenvalue weighted by atomic mass is 10.3. The summed E-state index contributed by atoms with van der Waals surface area (Å²) in [5.74, 6) is 1.53. The highest BCUT2D eigenvalue weighted by Crippen LogP contribution is 2.36. The van der Waals surface area contributed by atoms with Gasteiger partial charge in [-0.05, 0) is 37.3 Å². The zero-order valence-electron chi connectivity index (χ0n) is 11.6. The number of fused-ring (bicyclic) bond motifs is 1. The summed E-state index contributed by atoms with van der Waals surface area (Å²) < 4.78 is 11.3. The van der Waals surface area contributed by atoms with Gasteiger partial charge in [-0.1, -0.05) is 11.8 Å². The first-order valence-corrected chi connectivity index (χ1v) is 7.53. The smallest absolute Gasteiger partial charge is 0.162 e. The van der Waals surface area contributed by atoms with Gasteiger partial charge in [-0.25, -0.2) is 4.98 Å². The molecule has 0 fully saturated rings. The molecule has 0 N–H and O–H groups in total. The quantitative estimate of drug-likeness (QED) is 0.848. The van der Waals surface area contributed by atoms with E-state index in [1.807, 2.05) is 31.2 Å². The molecule has 106 valence electrons. The molecule has 0 saturated carbocycles. The van der Waals surface area contributed by atoms with Crippen molar-refractivity contribution in [1.29, 1.82) is 5.26 Å². The van der Waals surface area contributed by atoms with E-state index in [9.17, 15) is 0 Å². The minimum absolute atomic E-state index is 0.581. The SMILES string of the molecule is Cc1ccc(C#N)c(Sc2ccc3c(c2)OCCCO3)n1. The van der Waals surface area contributed by atoms with Crippen LogP contribution in [0.25, 0.3) is 0 Å². The van der Waals surface area contributed by atoms with E-state index >= 15 is 0 Å². The van der Waals surface area contributed by atoms with Gasteiger partial charge in [0.25, 0.3) is 0 Å². The molecule has 1 aromatic heterocycles. The van der Waals surface area contributed by atoms with Crippen molar-refractivity contribution in [3.63, 3.8) is 0 Å². The molecule has 2 aromatic rings. The van der Waals surface area contributed by atoms with Gasteiger partial charge in [0.1, 0.15) is 11.1 Å². The summed E-state index contributed by atoms with van der Waals surface area (Å²) in [6, 6.07) is 11.6. The van der Waals surface area contributed by atoms with Crippen LogP contribution < -0.4 is 9.47 Å². The third-order valence-corrected chi connectivity index (χ3v) is 4.05. The number of aromatic nitrogens is 1. The molecule has 21 heavy (non-hydrogen) atoms. The van der Waals surface area contributed by atoms with Gasteiger partial charge in [0, 0.05) is 17.0 Å². The summed E-state index contributed by atoms with van der Waals surface area (Å²) in [5, 5.41) is 9.88.